The van der Waals surface area contributed by atoms with Gasteiger partial charge in [-0.3, -0.25) is 0 Å². The van der Waals surface area contributed by atoms with Crippen molar-refractivity contribution in [3.8, 4) is 0 Å². The summed E-state index contributed by atoms with van der Waals surface area (Å²) in [6.07, 6.45) is 1.82. The number of aromatic nitrogens is 1. The largest absolute Gasteiger partial charge is 0.389 e. The van der Waals surface area contributed by atoms with Crippen molar-refractivity contribution in [2.24, 2.45) is 5.73 Å². The van der Waals surface area contributed by atoms with Crippen LogP contribution in [0.2, 0.25) is 0 Å². The van der Waals surface area contributed by atoms with Crippen LogP contribution in [0, 0.1) is 0 Å². The van der Waals surface area contributed by atoms with Gasteiger partial charge in [0.15, 0.2) is 0 Å². The lowest BCUT2D eigenvalue weighted by molar-refractivity contribution is 1.14. The van der Waals surface area contributed by atoms with Gasteiger partial charge in [-0.1, -0.05) is 48.6 Å². The highest BCUT2D eigenvalue weighted by Crippen LogP contribution is 2.29. The topological polar surface area (TPSA) is 42.1 Å². The second-order valence-corrected chi connectivity index (χ2v) is 5.27. The first-order valence-electron chi connectivity index (χ1n) is 6.64. The molecule has 0 amide bonds. The highest BCUT2D eigenvalue weighted by atomic mass is 32.1. The van der Waals surface area contributed by atoms with Crippen molar-refractivity contribution in [2.45, 2.75) is 0 Å². The van der Waals surface area contributed by atoms with Gasteiger partial charge in [0.05, 0.1) is 0 Å². The quantitative estimate of drug-likeness (QED) is 0.749. The third-order valence-corrected chi connectivity index (χ3v) is 3.72. The number of nitrogens with two attached hydrogens (primary N) is 1. The number of hydrogen-bond acceptors (Lipinski definition) is 3. The Bertz CT molecular complexity index is 808. The standard InChI is InChI=1S/C17H15N3S/c1-20(14-7-4-6-13(11-14)16(18)21)17-15-8-3-2-5-12(15)9-10-19-17/h2-11H,1H3,(H2,18,21). The van der Waals surface area contributed by atoms with Gasteiger partial charge in [-0.2, -0.15) is 0 Å². The van der Waals surface area contributed by atoms with Crippen molar-refractivity contribution >= 4 is 39.5 Å². The molecule has 1 aromatic heterocycles. The van der Waals surface area contributed by atoms with Crippen molar-refractivity contribution in [2.75, 3.05) is 11.9 Å². The highest BCUT2D eigenvalue weighted by molar-refractivity contribution is 7.80. The van der Waals surface area contributed by atoms with E-state index in [1.54, 1.807) is 0 Å². The summed E-state index contributed by atoms with van der Waals surface area (Å²) in [5.74, 6) is 0.910. The van der Waals surface area contributed by atoms with Crippen LogP contribution in [-0.4, -0.2) is 17.0 Å². The Morgan fingerprint density at radius 1 is 1.10 bits per heavy atom. The van der Waals surface area contributed by atoms with Crippen LogP contribution in [0.25, 0.3) is 10.8 Å². The number of benzene rings is 2. The molecule has 3 rings (SSSR count). The average Bonchev–Trinajstić information content (AvgIpc) is 2.53. The molecule has 21 heavy (non-hydrogen) atoms. The van der Waals surface area contributed by atoms with Crippen LogP contribution >= 0.6 is 12.2 Å². The molecule has 0 fully saturated rings. The summed E-state index contributed by atoms with van der Waals surface area (Å²) in [7, 11) is 1.99. The van der Waals surface area contributed by atoms with E-state index in [0.29, 0.717) is 4.99 Å². The van der Waals surface area contributed by atoms with Gasteiger partial charge in [0.1, 0.15) is 10.8 Å². The fraction of sp³-hybridized carbons (Fsp3) is 0.0588. The molecule has 0 aliphatic rings. The van der Waals surface area contributed by atoms with Crippen LogP contribution < -0.4 is 10.6 Å². The molecule has 0 unspecified atom stereocenters. The molecule has 0 saturated carbocycles. The van der Waals surface area contributed by atoms with Crippen LogP contribution in [0.1, 0.15) is 5.56 Å². The molecule has 2 aromatic carbocycles. The zero-order chi connectivity index (χ0) is 14.8. The number of thiocarbonyl (C=S) groups is 1. The maximum Gasteiger partial charge on any atom is 0.140 e. The Morgan fingerprint density at radius 2 is 1.90 bits per heavy atom. The lowest BCUT2D eigenvalue weighted by Gasteiger charge is -2.20. The monoisotopic (exact) mass is 293 g/mol. The zero-order valence-electron chi connectivity index (χ0n) is 11.7. The molecule has 4 heteroatoms. The minimum atomic E-state index is 0.399. The summed E-state index contributed by atoms with van der Waals surface area (Å²) in [6, 6.07) is 18.1. The van der Waals surface area contributed by atoms with Crippen molar-refractivity contribution in [1.82, 2.24) is 4.98 Å². The van der Waals surface area contributed by atoms with Crippen molar-refractivity contribution in [3.63, 3.8) is 0 Å². The number of pyridine rings is 1. The second-order valence-electron chi connectivity index (χ2n) is 4.83. The molecule has 0 radical (unpaired) electrons. The predicted molar refractivity (Wildman–Crippen MR) is 92.1 cm³/mol. The van der Waals surface area contributed by atoms with Gasteiger partial charge >= 0.3 is 0 Å². The Labute approximate surface area is 129 Å². The van der Waals surface area contributed by atoms with E-state index in [4.69, 9.17) is 18.0 Å². The van der Waals surface area contributed by atoms with Gasteiger partial charge in [0.2, 0.25) is 0 Å². The molecule has 0 spiro atoms. The van der Waals surface area contributed by atoms with Gasteiger partial charge in [-0.25, -0.2) is 4.98 Å². The van der Waals surface area contributed by atoms with E-state index in [0.717, 1.165) is 22.5 Å². The Hall–Kier alpha value is -2.46. The second kappa shape index (κ2) is 5.50. The first-order chi connectivity index (χ1) is 10.2. The predicted octanol–water partition coefficient (Wildman–Crippen LogP) is 3.64. The molecular formula is C17H15N3S. The van der Waals surface area contributed by atoms with E-state index in [1.165, 1.54) is 5.39 Å². The van der Waals surface area contributed by atoms with Crippen LogP contribution in [0.5, 0.6) is 0 Å². The van der Waals surface area contributed by atoms with Crippen LogP contribution in [0.3, 0.4) is 0 Å². The number of anilines is 2. The molecule has 0 saturated heterocycles. The summed E-state index contributed by atoms with van der Waals surface area (Å²) < 4.78 is 0. The van der Waals surface area contributed by atoms with E-state index in [9.17, 15) is 0 Å². The molecular weight excluding hydrogens is 278 g/mol. The third kappa shape index (κ3) is 2.58. The minimum Gasteiger partial charge on any atom is -0.389 e. The number of nitrogens with zero attached hydrogens (tertiary/aromatic N) is 2. The average molecular weight is 293 g/mol. The molecule has 0 bridgehead atoms. The summed E-state index contributed by atoms with van der Waals surface area (Å²) in [4.78, 5) is 6.96. The van der Waals surface area contributed by atoms with Gasteiger partial charge < -0.3 is 10.6 Å². The van der Waals surface area contributed by atoms with Crippen LogP contribution in [0.15, 0.2) is 60.8 Å². The lowest BCUT2D eigenvalue weighted by atomic mass is 10.1. The van der Waals surface area contributed by atoms with E-state index < -0.39 is 0 Å². The molecule has 0 aliphatic carbocycles. The zero-order valence-corrected chi connectivity index (χ0v) is 12.5. The Morgan fingerprint density at radius 3 is 2.71 bits per heavy atom. The number of hydrogen-bond donors (Lipinski definition) is 1. The first-order valence-corrected chi connectivity index (χ1v) is 7.05. The third-order valence-electron chi connectivity index (χ3n) is 3.49. The molecule has 2 N–H and O–H groups in total. The van der Waals surface area contributed by atoms with E-state index in [-0.39, 0.29) is 0 Å². The normalized spacial score (nSPS) is 10.5. The van der Waals surface area contributed by atoms with Gasteiger partial charge in [-0.05, 0) is 23.6 Å². The molecule has 0 atom stereocenters. The van der Waals surface area contributed by atoms with Crippen molar-refractivity contribution in [3.05, 3.63) is 66.4 Å². The van der Waals surface area contributed by atoms with E-state index in [1.807, 2.05) is 60.6 Å². The lowest BCUT2D eigenvalue weighted by Crippen LogP contribution is -2.14. The van der Waals surface area contributed by atoms with E-state index >= 15 is 0 Å². The summed E-state index contributed by atoms with van der Waals surface area (Å²) in [6.45, 7) is 0. The molecule has 104 valence electrons. The SMILES string of the molecule is CN(c1cccc(C(N)=S)c1)c1nccc2ccccc12. The Balaban J connectivity index is 2.10. The van der Waals surface area contributed by atoms with Crippen LogP contribution in [0.4, 0.5) is 11.5 Å². The minimum absolute atomic E-state index is 0.399. The maximum absolute atomic E-state index is 5.71. The molecule has 1 heterocycles. The van der Waals surface area contributed by atoms with Gasteiger partial charge in [0.25, 0.3) is 0 Å². The van der Waals surface area contributed by atoms with E-state index in [2.05, 4.69) is 17.1 Å². The van der Waals surface area contributed by atoms with Gasteiger partial charge in [0, 0.05) is 29.9 Å². The Kier molecular flexibility index (Phi) is 3.54. The molecule has 3 nitrogen and oxygen atoms in total. The van der Waals surface area contributed by atoms with Gasteiger partial charge in [-0.15, -0.1) is 0 Å². The molecule has 0 aliphatic heterocycles. The summed E-state index contributed by atoms with van der Waals surface area (Å²) in [5, 5.41) is 2.28. The number of fused-ring (bicyclic) bond motifs is 1. The van der Waals surface area contributed by atoms with Crippen molar-refractivity contribution in [1.29, 1.82) is 0 Å². The number of rotatable bonds is 3. The van der Waals surface area contributed by atoms with Crippen LogP contribution in [-0.2, 0) is 0 Å². The van der Waals surface area contributed by atoms with Crippen molar-refractivity contribution < 1.29 is 0 Å². The maximum atomic E-state index is 5.71. The highest BCUT2D eigenvalue weighted by Gasteiger charge is 2.10. The summed E-state index contributed by atoms with van der Waals surface area (Å²) >= 11 is 5.05. The fourth-order valence-corrected chi connectivity index (χ4v) is 2.49. The smallest absolute Gasteiger partial charge is 0.140 e. The fourth-order valence-electron chi connectivity index (χ4n) is 2.36. The summed E-state index contributed by atoms with van der Waals surface area (Å²) in [5.41, 5.74) is 7.57. The first kappa shape index (κ1) is 13.5. The molecule has 3 aromatic rings.